The topological polar surface area (TPSA) is 12.0 Å². The minimum Gasteiger partial charge on any atom is -0.310 e. The molecule has 0 aromatic heterocycles. The lowest BCUT2D eigenvalue weighted by molar-refractivity contribution is 0.243. The molecule has 3 unspecified atom stereocenters. The van der Waals surface area contributed by atoms with E-state index in [0.717, 1.165) is 18.4 Å². The number of benzene rings is 1. The molecule has 1 heteroatoms. The summed E-state index contributed by atoms with van der Waals surface area (Å²) in [5.41, 5.74) is 3.08. The molecule has 3 atom stereocenters. The zero-order valence-corrected chi connectivity index (χ0v) is 10.7. The van der Waals surface area contributed by atoms with Crippen molar-refractivity contribution < 1.29 is 0 Å². The number of hydrogen-bond donors (Lipinski definition) is 1. The van der Waals surface area contributed by atoms with Crippen LogP contribution in [0, 0.1) is 11.8 Å². The Morgan fingerprint density at radius 1 is 1.25 bits per heavy atom. The summed E-state index contributed by atoms with van der Waals surface area (Å²) in [7, 11) is 0. The number of fused-ring (bicyclic) bond motifs is 1. The van der Waals surface area contributed by atoms with E-state index in [1.807, 2.05) is 0 Å². The van der Waals surface area contributed by atoms with E-state index in [1.54, 1.807) is 5.56 Å². The zero-order chi connectivity index (χ0) is 11.5. The van der Waals surface area contributed by atoms with Gasteiger partial charge in [0.15, 0.2) is 0 Å². The third-order valence-corrected chi connectivity index (χ3v) is 4.09. The Bertz CT molecular complexity index is 345. The highest BCUT2D eigenvalue weighted by atomic mass is 14.9. The summed E-state index contributed by atoms with van der Waals surface area (Å²) in [6.45, 7) is 7.97. The summed E-state index contributed by atoms with van der Waals surface area (Å²) in [5.74, 6) is 1.58. The molecule has 16 heavy (non-hydrogen) atoms. The van der Waals surface area contributed by atoms with Crippen LogP contribution in [0.15, 0.2) is 24.3 Å². The molecule has 1 aromatic carbocycles. The van der Waals surface area contributed by atoms with Crippen LogP contribution in [0.4, 0.5) is 0 Å². The summed E-state index contributed by atoms with van der Waals surface area (Å²) in [4.78, 5) is 0. The Hall–Kier alpha value is -0.820. The van der Waals surface area contributed by atoms with Gasteiger partial charge in [0.2, 0.25) is 0 Å². The Morgan fingerprint density at radius 3 is 2.69 bits per heavy atom. The Kier molecular flexibility index (Phi) is 3.65. The molecule has 1 aliphatic carbocycles. The molecule has 0 aliphatic heterocycles. The standard InChI is InChI=1S/C15H23N/c1-4-12-10-13-8-6-7-9-14(13)15(11(12)3)16-5-2/h6-9,11-12,15-16H,4-5,10H2,1-3H3. The van der Waals surface area contributed by atoms with E-state index in [9.17, 15) is 0 Å². The third-order valence-electron chi connectivity index (χ3n) is 4.09. The van der Waals surface area contributed by atoms with Crippen molar-refractivity contribution in [2.24, 2.45) is 11.8 Å². The van der Waals surface area contributed by atoms with E-state index in [4.69, 9.17) is 0 Å². The molecule has 0 spiro atoms. The smallest absolute Gasteiger partial charge is 0.0351 e. The van der Waals surface area contributed by atoms with Crippen molar-refractivity contribution in [1.82, 2.24) is 5.32 Å². The van der Waals surface area contributed by atoms with Gasteiger partial charge in [-0.2, -0.15) is 0 Å². The van der Waals surface area contributed by atoms with Gasteiger partial charge in [0.1, 0.15) is 0 Å². The van der Waals surface area contributed by atoms with Gasteiger partial charge in [-0.15, -0.1) is 0 Å². The summed E-state index contributed by atoms with van der Waals surface area (Å²) >= 11 is 0. The number of nitrogens with one attached hydrogen (secondary N) is 1. The average molecular weight is 217 g/mol. The second-order valence-corrected chi connectivity index (χ2v) is 4.97. The van der Waals surface area contributed by atoms with Gasteiger partial charge in [-0.05, 0) is 35.9 Å². The molecule has 1 N–H and O–H groups in total. The van der Waals surface area contributed by atoms with Crippen molar-refractivity contribution in [1.29, 1.82) is 0 Å². The monoisotopic (exact) mass is 217 g/mol. The first-order valence-corrected chi connectivity index (χ1v) is 6.59. The molecule has 0 amide bonds. The molecule has 1 aliphatic rings. The zero-order valence-electron chi connectivity index (χ0n) is 10.7. The molecular formula is C15H23N. The van der Waals surface area contributed by atoms with Crippen molar-refractivity contribution in [3.63, 3.8) is 0 Å². The Balaban J connectivity index is 2.34. The van der Waals surface area contributed by atoms with E-state index in [0.29, 0.717) is 6.04 Å². The molecule has 0 saturated heterocycles. The highest BCUT2D eigenvalue weighted by Crippen LogP contribution is 2.39. The normalized spacial score (nSPS) is 28.8. The molecule has 2 rings (SSSR count). The lowest BCUT2D eigenvalue weighted by Gasteiger charge is -2.38. The summed E-state index contributed by atoms with van der Waals surface area (Å²) < 4.78 is 0. The third kappa shape index (κ3) is 2.01. The molecule has 0 heterocycles. The van der Waals surface area contributed by atoms with Crippen LogP contribution in [0.1, 0.15) is 44.4 Å². The summed E-state index contributed by atoms with van der Waals surface area (Å²) in [6.07, 6.45) is 2.55. The number of rotatable bonds is 3. The average Bonchev–Trinajstić information content (AvgIpc) is 2.32. The Morgan fingerprint density at radius 2 is 2.00 bits per heavy atom. The van der Waals surface area contributed by atoms with Crippen LogP contribution in [0.5, 0.6) is 0 Å². The molecule has 0 saturated carbocycles. The van der Waals surface area contributed by atoms with Gasteiger partial charge in [0.25, 0.3) is 0 Å². The highest BCUT2D eigenvalue weighted by molar-refractivity contribution is 5.33. The van der Waals surface area contributed by atoms with Gasteiger partial charge in [-0.3, -0.25) is 0 Å². The van der Waals surface area contributed by atoms with Crippen LogP contribution in [0.25, 0.3) is 0 Å². The fourth-order valence-electron chi connectivity index (χ4n) is 3.08. The molecule has 88 valence electrons. The summed E-state index contributed by atoms with van der Waals surface area (Å²) in [5, 5.41) is 3.65. The van der Waals surface area contributed by atoms with Crippen molar-refractivity contribution in [2.75, 3.05) is 6.54 Å². The molecule has 0 bridgehead atoms. The second-order valence-electron chi connectivity index (χ2n) is 4.97. The van der Waals surface area contributed by atoms with Crippen LogP contribution in [-0.2, 0) is 6.42 Å². The lowest BCUT2D eigenvalue weighted by Crippen LogP contribution is -2.36. The first kappa shape index (κ1) is 11.7. The minimum atomic E-state index is 0.555. The Labute approximate surface area is 99.3 Å². The van der Waals surface area contributed by atoms with E-state index < -0.39 is 0 Å². The quantitative estimate of drug-likeness (QED) is 0.816. The van der Waals surface area contributed by atoms with Crippen molar-refractivity contribution in [3.05, 3.63) is 35.4 Å². The van der Waals surface area contributed by atoms with Crippen molar-refractivity contribution in [3.8, 4) is 0 Å². The predicted molar refractivity (Wildman–Crippen MR) is 69.5 cm³/mol. The van der Waals surface area contributed by atoms with Gasteiger partial charge in [-0.25, -0.2) is 0 Å². The van der Waals surface area contributed by atoms with Gasteiger partial charge < -0.3 is 5.32 Å². The maximum atomic E-state index is 3.65. The summed E-state index contributed by atoms with van der Waals surface area (Å²) in [6, 6.07) is 9.49. The van der Waals surface area contributed by atoms with Crippen molar-refractivity contribution >= 4 is 0 Å². The molecule has 1 aromatic rings. The predicted octanol–water partition coefficient (Wildman–Crippen LogP) is 3.56. The van der Waals surface area contributed by atoms with Crippen LogP contribution in [0.3, 0.4) is 0 Å². The van der Waals surface area contributed by atoms with Crippen LogP contribution in [-0.4, -0.2) is 6.54 Å². The molecular weight excluding hydrogens is 194 g/mol. The van der Waals surface area contributed by atoms with E-state index in [1.165, 1.54) is 18.4 Å². The first-order valence-electron chi connectivity index (χ1n) is 6.59. The van der Waals surface area contributed by atoms with Gasteiger partial charge in [0, 0.05) is 6.04 Å². The SMILES string of the molecule is CCNC1c2ccccc2CC(CC)C1C. The lowest BCUT2D eigenvalue weighted by atomic mass is 9.72. The van der Waals surface area contributed by atoms with Crippen LogP contribution in [0.2, 0.25) is 0 Å². The fourth-order valence-corrected chi connectivity index (χ4v) is 3.08. The van der Waals surface area contributed by atoms with E-state index in [-0.39, 0.29) is 0 Å². The largest absolute Gasteiger partial charge is 0.310 e. The first-order chi connectivity index (χ1) is 7.77. The van der Waals surface area contributed by atoms with Crippen molar-refractivity contribution in [2.45, 2.75) is 39.7 Å². The number of hydrogen-bond acceptors (Lipinski definition) is 1. The minimum absolute atomic E-state index is 0.555. The highest BCUT2D eigenvalue weighted by Gasteiger charge is 2.31. The van der Waals surface area contributed by atoms with Gasteiger partial charge in [-0.1, -0.05) is 51.5 Å². The van der Waals surface area contributed by atoms with E-state index >= 15 is 0 Å². The maximum Gasteiger partial charge on any atom is 0.0351 e. The molecule has 0 radical (unpaired) electrons. The van der Waals surface area contributed by atoms with Gasteiger partial charge in [0.05, 0.1) is 0 Å². The maximum absolute atomic E-state index is 3.65. The van der Waals surface area contributed by atoms with E-state index in [2.05, 4.69) is 50.4 Å². The van der Waals surface area contributed by atoms with Crippen LogP contribution < -0.4 is 5.32 Å². The fraction of sp³-hybridized carbons (Fsp3) is 0.600. The molecule has 1 nitrogen and oxygen atoms in total. The second kappa shape index (κ2) is 5.01. The molecule has 0 fully saturated rings. The van der Waals surface area contributed by atoms with Gasteiger partial charge >= 0.3 is 0 Å². The van der Waals surface area contributed by atoms with Crippen LogP contribution >= 0.6 is 0 Å².